The summed E-state index contributed by atoms with van der Waals surface area (Å²) in [7, 11) is 0. The Kier molecular flexibility index (Phi) is 26.2. The molecule has 0 aliphatic rings. The van der Waals surface area contributed by atoms with E-state index in [1.54, 1.807) is 0 Å². The summed E-state index contributed by atoms with van der Waals surface area (Å²) in [5.41, 5.74) is 0. The number of carboxylic acid groups (broad SMARTS) is 2. The summed E-state index contributed by atoms with van der Waals surface area (Å²) in [5, 5.41) is 23.8. The Morgan fingerprint density at radius 2 is 1.30 bits per heavy atom. The van der Waals surface area contributed by atoms with Crippen LogP contribution in [0.1, 0.15) is 0 Å². The molecule has 0 saturated carbocycles. The van der Waals surface area contributed by atoms with Crippen LogP contribution in [0.2, 0.25) is 0 Å². The number of aliphatic carboxylic acids is 2. The molecule has 0 bridgehead atoms. The molecule has 6 nitrogen and oxygen atoms in total. The number of rotatable bonds is 1. The Labute approximate surface area is 157 Å². The average molecular weight is 295 g/mol. The molecule has 2 N–H and O–H groups in total. The molecule has 0 heterocycles. The van der Waals surface area contributed by atoms with Gasteiger partial charge in [0.15, 0.2) is 0 Å². The van der Waals surface area contributed by atoms with Gasteiger partial charge in [0.25, 0.3) is 2.86 Å². The first-order valence-corrected chi connectivity index (χ1v) is 1.23. The van der Waals surface area contributed by atoms with Crippen molar-refractivity contribution in [1.29, 1.82) is 2.86 Å². The number of carbonyl (C=O) groups excluding carboxylic acids is 2. The van der Waals surface area contributed by atoms with Crippen molar-refractivity contribution >= 4 is 11.9 Å². The first kappa shape index (κ1) is 15.0. The summed E-state index contributed by atoms with van der Waals surface area (Å²) < 4.78 is 11.1. The summed E-state index contributed by atoms with van der Waals surface area (Å²) in [6.07, 6.45) is 0. The number of hydrogen-bond acceptors (Lipinski definition) is 6. The molecule has 0 spiro atoms. The van der Waals surface area contributed by atoms with E-state index in [1.165, 1.54) is 0 Å². The van der Waals surface area contributed by atoms with E-state index in [0.717, 1.165) is 0 Å². The summed E-state index contributed by atoms with van der Waals surface area (Å²) in [6, 6.07) is 0. The average Bonchev–Trinajstić information content (AvgIpc) is 1.89. The number of carboxylic acids is 2. The van der Waals surface area contributed by atoms with Gasteiger partial charge in [0.1, 0.15) is 0 Å². The maximum Gasteiger partial charge on any atom is 1.00 e. The Hall–Kier alpha value is 2.47. The monoisotopic (exact) mass is 294 g/mol. The zero-order valence-corrected chi connectivity index (χ0v) is 15.3. The van der Waals surface area contributed by atoms with E-state index < -0.39 is 11.9 Å². The minimum atomic E-state index is -2.19. The van der Waals surface area contributed by atoms with E-state index in [2.05, 4.69) is 10.5 Å². The standard InChI is InChI=1S/C2H2O4.H2O2.2Rb/c3-1(4)2(5)6;1-2;;/h(H,3,4)(H,5,6);1-2H;;/q;;2*+1/p-2/i/hD2. The predicted octanol–water partition coefficient (Wildman–Crippen LogP) is -9.49. The third kappa shape index (κ3) is 22.4. The van der Waals surface area contributed by atoms with Gasteiger partial charge in [-0.1, -0.05) is 0 Å². The molecular weight excluding hydrogens is 291 g/mol. The molecule has 0 atom stereocenters. The molecule has 0 aliphatic carbocycles. The van der Waals surface area contributed by atoms with Gasteiger partial charge < -0.3 is 19.8 Å². The van der Waals surface area contributed by atoms with Gasteiger partial charge in [0, 0.05) is 0 Å². The third-order valence-electron chi connectivity index (χ3n) is 0.167. The Morgan fingerprint density at radius 1 is 1.10 bits per heavy atom. The van der Waals surface area contributed by atoms with Crippen LogP contribution in [0.25, 0.3) is 2.86 Å². The zero-order valence-electron chi connectivity index (χ0n) is 7.45. The smallest absolute Gasteiger partial charge is 0.543 e. The molecule has 0 amide bonds. The van der Waals surface area contributed by atoms with Crippen molar-refractivity contribution in [1.82, 2.24) is 0 Å². The molecule has 0 saturated heterocycles. The molecule has 0 rings (SSSR count). The van der Waals surface area contributed by atoms with Gasteiger partial charge in [0.05, 0.1) is 11.9 Å². The van der Waals surface area contributed by atoms with Gasteiger partial charge in [-0.25, -0.2) is 0 Å². The molecule has 0 aromatic carbocycles. The summed E-state index contributed by atoms with van der Waals surface area (Å²) >= 11 is 0. The number of carbonyl (C=O) groups is 2. The van der Waals surface area contributed by atoms with Gasteiger partial charge >= 0.3 is 116 Å². The fraction of sp³-hybridized carbons (Fsp3) is 0. The zero-order chi connectivity index (χ0) is 8.57. The van der Waals surface area contributed by atoms with Crippen molar-refractivity contribution in [3.8, 4) is 0 Å². The molecule has 0 aromatic heterocycles. The van der Waals surface area contributed by atoms with Crippen molar-refractivity contribution in [2.75, 3.05) is 0 Å². The van der Waals surface area contributed by atoms with Crippen LogP contribution in [0.5, 0.6) is 0 Å². The largest absolute Gasteiger partial charge is 1.00 e. The summed E-state index contributed by atoms with van der Waals surface area (Å²) in [5.74, 6) is -4.37. The normalized spacial score (nSPS) is 7.60. The Balaban J connectivity index is -0.0000000483. The van der Waals surface area contributed by atoms with E-state index in [-0.39, 0.29) is 116 Å². The second kappa shape index (κ2) is 17.5. The van der Waals surface area contributed by atoms with Crippen LogP contribution in [-0.4, -0.2) is 22.5 Å². The fourth-order valence-electron chi connectivity index (χ4n) is 0. The quantitative estimate of drug-likeness (QED) is 0.281. The maximum atomic E-state index is 8.93. The van der Waals surface area contributed by atoms with E-state index in [1.807, 2.05) is 0 Å². The first-order valence-electron chi connectivity index (χ1n) is 2.05. The Morgan fingerprint density at radius 3 is 1.30 bits per heavy atom. The van der Waals surface area contributed by atoms with Crippen molar-refractivity contribution in [3.05, 3.63) is 0 Å². The SMILES string of the molecule is O=C([O-])C(=O)[O-].[2H]OO[2H].[Rb+].[Rb+]. The van der Waals surface area contributed by atoms with Crippen LogP contribution in [0.3, 0.4) is 0 Å². The minimum Gasteiger partial charge on any atom is -0.543 e. The topological polar surface area (TPSA) is 121 Å². The van der Waals surface area contributed by atoms with Crippen LogP contribution in [0.4, 0.5) is 0 Å². The number of hydrogen-bond donors (Lipinski definition) is 2. The van der Waals surface area contributed by atoms with Crippen LogP contribution in [0, 0.1) is 0 Å². The van der Waals surface area contributed by atoms with Gasteiger partial charge in [0.2, 0.25) is 0 Å². The van der Waals surface area contributed by atoms with Gasteiger partial charge in [-0.05, 0) is 0 Å². The first-order chi connectivity index (χ1) is 4.56. The van der Waals surface area contributed by atoms with Crippen LogP contribution in [-0.2, 0) is 9.59 Å². The van der Waals surface area contributed by atoms with Crippen molar-refractivity contribution < 1.29 is 147 Å². The summed E-state index contributed by atoms with van der Waals surface area (Å²) in [6.45, 7) is 0. The molecule has 0 radical (unpaired) electrons. The van der Waals surface area contributed by atoms with Crippen LogP contribution >= 0.6 is 0 Å². The molecule has 10 heavy (non-hydrogen) atoms. The van der Waals surface area contributed by atoms with Crippen LogP contribution in [0.15, 0.2) is 0 Å². The minimum absolute atomic E-state index is 0. The third-order valence-corrected chi connectivity index (χ3v) is 0.167. The van der Waals surface area contributed by atoms with E-state index in [4.69, 9.17) is 22.7 Å². The molecular formula is C2H2O6Rb2. The van der Waals surface area contributed by atoms with Gasteiger partial charge in [-0.15, -0.1) is 0 Å². The van der Waals surface area contributed by atoms with Gasteiger partial charge in [-0.3, -0.25) is 10.5 Å². The van der Waals surface area contributed by atoms with E-state index in [0.29, 0.717) is 0 Å². The molecule has 0 unspecified atom stereocenters. The fourth-order valence-corrected chi connectivity index (χ4v) is 0. The van der Waals surface area contributed by atoms with Crippen molar-refractivity contribution in [2.45, 2.75) is 0 Å². The van der Waals surface area contributed by atoms with E-state index in [9.17, 15) is 0 Å². The molecule has 0 aliphatic heterocycles. The van der Waals surface area contributed by atoms with Crippen LogP contribution < -0.4 is 127 Å². The molecule has 48 valence electrons. The molecule has 0 aromatic rings. The second-order valence-corrected chi connectivity index (χ2v) is 0.575. The Bertz CT molecular complexity index is 106. The van der Waals surface area contributed by atoms with Crippen molar-refractivity contribution in [3.63, 3.8) is 0 Å². The molecule has 0 fully saturated rings. The predicted molar refractivity (Wildman–Crippen MR) is 15.3 cm³/mol. The summed E-state index contributed by atoms with van der Waals surface area (Å²) in [4.78, 5) is 17.9. The second-order valence-electron chi connectivity index (χ2n) is 0.575. The molecule has 8 heteroatoms. The van der Waals surface area contributed by atoms with E-state index >= 15 is 0 Å². The van der Waals surface area contributed by atoms with Crippen molar-refractivity contribution in [2.24, 2.45) is 0 Å². The van der Waals surface area contributed by atoms with Gasteiger partial charge in [-0.2, -0.15) is 0 Å². The maximum absolute atomic E-state index is 8.93.